The quantitative estimate of drug-likeness (QED) is 0.640. The van der Waals surface area contributed by atoms with Gasteiger partial charge in [-0.3, -0.25) is 4.79 Å². The van der Waals surface area contributed by atoms with Crippen LogP contribution < -0.4 is 14.8 Å². The number of nitrogens with one attached hydrogen (secondary N) is 1. The average Bonchev–Trinajstić information content (AvgIpc) is 3.27. The first-order chi connectivity index (χ1) is 13.6. The van der Waals surface area contributed by atoms with Crippen LogP contribution in [0.1, 0.15) is 20.7 Å². The highest BCUT2D eigenvalue weighted by Crippen LogP contribution is 2.32. The molecule has 1 N–H and O–H groups in total. The fourth-order valence-corrected chi connectivity index (χ4v) is 2.52. The van der Waals surface area contributed by atoms with E-state index in [4.69, 9.17) is 9.47 Å². The molecular weight excluding hydrogens is 366 g/mol. The van der Waals surface area contributed by atoms with Crippen LogP contribution in [0.4, 0.5) is 5.69 Å². The first-order valence-electron chi connectivity index (χ1n) is 8.06. The van der Waals surface area contributed by atoms with Crippen molar-refractivity contribution in [2.24, 2.45) is 0 Å². The number of aromatic nitrogens is 4. The second-order valence-electron chi connectivity index (χ2n) is 5.50. The summed E-state index contributed by atoms with van der Waals surface area (Å²) in [4.78, 5) is 24.4. The molecule has 1 aromatic heterocycles. The second kappa shape index (κ2) is 8.16. The van der Waals surface area contributed by atoms with E-state index >= 15 is 0 Å². The molecule has 3 rings (SSSR count). The highest BCUT2D eigenvalue weighted by atomic mass is 16.5. The van der Waals surface area contributed by atoms with Gasteiger partial charge in [-0.2, -0.15) is 4.68 Å². The van der Waals surface area contributed by atoms with Crippen molar-refractivity contribution in [3.05, 3.63) is 53.9 Å². The van der Waals surface area contributed by atoms with Crippen LogP contribution in [0.25, 0.3) is 5.69 Å². The van der Waals surface area contributed by atoms with Crippen LogP contribution in [-0.2, 0) is 4.74 Å². The molecule has 1 heterocycles. The summed E-state index contributed by atoms with van der Waals surface area (Å²) in [6, 6.07) is 9.44. The molecule has 3 aromatic rings. The highest BCUT2D eigenvalue weighted by Gasteiger charge is 2.19. The molecule has 10 heteroatoms. The highest BCUT2D eigenvalue weighted by molar-refractivity contribution is 6.07. The standard InChI is InChI=1S/C18H17N5O5/c1-26-15-8-13(14(9-16(15)27-2)23-10-19-21-22-23)17(24)20-12-6-4-11(5-7-12)18(25)28-3/h4-10H,1-3H3,(H,20,24). The van der Waals surface area contributed by atoms with Crippen molar-refractivity contribution in [3.63, 3.8) is 0 Å². The number of nitrogens with zero attached hydrogens (tertiary/aromatic N) is 4. The summed E-state index contributed by atoms with van der Waals surface area (Å²) in [5.41, 5.74) is 1.55. The smallest absolute Gasteiger partial charge is 0.337 e. The summed E-state index contributed by atoms with van der Waals surface area (Å²) in [6.45, 7) is 0. The number of esters is 1. The topological polar surface area (TPSA) is 117 Å². The lowest BCUT2D eigenvalue weighted by Crippen LogP contribution is -2.16. The largest absolute Gasteiger partial charge is 0.493 e. The monoisotopic (exact) mass is 383 g/mol. The van der Waals surface area contributed by atoms with Crippen molar-refractivity contribution in [1.82, 2.24) is 20.2 Å². The van der Waals surface area contributed by atoms with Gasteiger partial charge >= 0.3 is 5.97 Å². The number of hydrogen-bond acceptors (Lipinski definition) is 8. The van der Waals surface area contributed by atoms with Gasteiger partial charge in [-0.05, 0) is 40.8 Å². The van der Waals surface area contributed by atoms with Crippen LogP contribution in [0, 0.1) is 0 Å². The SMILES string of the molecule is COC(=O)c1ccc(NC(=O)c2cc(OC)c(OC)cc2-n2cnnn2)cc1. The number of rotatable bonds is 6. The molecular formula is C18H17N5O5. The third-order valence-corrected chi connectivity index (χ3v) is 3.91. The van der Waals surface area contributed by atoms with E-state index in [9.17, 15) is 9.59 Å². The van der Waals surface area contributed by atoms with E-state index in [0.29, 0.717) is 28.4 Å². The maximum Gasteiger partial charge on any atom is 0.337 e. The summed E-state index contributed by atoms with van der Waals surface area (Å²) in [7, 11) is 4.27. The predicted octanol–water partition coefficient (Wildman–Crippen LogP) is 1.72. The Morgan fingerprint density at radius 1 is 1.00 bits per heavy atom. The number of carbonyl (C=O) groups excluding carboxylic acids is 2. The molecule has 28 heavy (non-hydrogen) atoms. The van der Waals surface area contributed by atoms with Crippen LogP contribution in [-0.4, -0.2) is 53.4 Å². The fourth-order valence-electron chi connectivity index (χ4n) is 2.52. The van der Waals surface area contributed by atoms with E-state index in [0.717, 1.165) is 0 Å². The Balaban J connectivity index is 1.95. The Labute approximate surface area is 160 Å². The summed E-state index contributed by atoms with van der Waals surface area (Å²) in [5.74, 6) is -0.0755. The Morgan fingerprint density at radius 2 is 1.68 bits per heavy atom. The van der Waals surface area contributed by atoms with Gasteiger partial charge in [0, 0.05) is 11.8 Å². The van der Waals surface area contributed by atoms with E-state index in [2.05, 4.69) is 25.6 Å². The lowest BCUT2D eigenvalue weighted by atomic mass is 10.1. The van der Waals surface area contributed by atoms with Crippen molar-refractivity contribution < 1.29 is 23.8 Å². The molecule has 0 bridgehead atoms. The summed E-state index contributed by atoms with van der Waals surface area (Å²) < 4.78 is 16.6. The van der Waals surface area contributed by atoms with Gasteiger partial charge in [-0.25, -0.2) is 4.79 Å². The zero-order valence-electron chi connectivity index (χ0n) is 15.4. The number of benzene rings is 2. The number of tetrazole rings is 1. The molecule has 0 radical (unpaired) electrons. The molecule has 0 atom stereocenters. The van der Waals surface area contributed by atoms with Crippen LogP contribution in [0.5, 0.6) is 11.5 Å². The minimum atomic E-state index is -0.460. The summed E-state index contributed by atoms with van der Waals surface area (Å²) >= 11 is 0. The summed E-state index contributed by atoms with van der Waals surface area (Å²) in [6.07, 6.45) is 1.36. The minimum Gasteiger partial charge on any atom is -0.493 e. The predicted molar refractivity (Wildman–Crippen MR) is 98.0 cm³/mol. The van der Waals surface area contributed by atoms with Crippen LogP contribution >= 0.6 is 0 Å². The first kappa shape index (κ1) is 18.8. The molecule has 2 aromatic carbocycles. The van der Waals surface area contributed by atoms with Crippen molar-refractivity contribution in [3.8, 4) is 17.2 Å². The number of methoxy groups -OCH3 is 3. The molecule has 0 saturated carbocycles. The third kappa shape index (κ3) is 3.75. The van der Waals surface area contributed by atoms with E-state index < -0.39 is 11.9 Å². The van der Waals surface area contributed by atoms with Crippen molar-refractivity contribution in [1.29, 1.82) is 0 Å². The molecule has 0 unspecified atom stereocenters. The van der Waals surface area contributed by atoms with E-state index in [1.807, 2.05) is 0 Å². The van der Waals surface area contributed by atoms with E-state index in [1.165, 1.54) is 38.4 Å². The van der Waals surface area contributed by atoms with Crippen LogP contribution in [0.2, 0.25) is 0 Å². The van der Waals surface area contributed by atoms with Gasteiger partial charge in [-0.1, -0.05) is 0 Å². The second-order valence-corrected chi connectivity index (χ2v) is 5.50. The number of hydrogen-bond donors (Lipinski definition) is 1. The Bertz CT molecular complexity index is 986. The lowest BCUT2D eigenvalue weighted by Gasteiger charge is -2.14. The molecule has 10 nitrogen and oxygen atoms in total. The Kier molecular flexibility index (Phi) is 5.49. The maximum atomic E-state index is 12.9. The number of amides is 1. The fraction of sp³-hybridized carbons (Fsp3) is 0.167. The van der Waals surface area contributed by atoms with Crippen molar-refractivity contribution in [2.45, 2.75) is 0 Å². The van der Waals surface area contributed by atoms with E-state index in [-0.39, 0.29) is 5.56 Å². The van der Waals surface area contributed by atoms with Gasteiger partial charge in [-0.15, -0.1) is 5.10 Å². The van der Waals surface area contributed by atoms with E-state index in [1.54, 1.807) is 30.3 Å². The zero-order valence-corrected chi connectivity index (χ0v) is 15.4. The molecule has 0 aliphatic carbocycles. The van der Waals surface area contributed by atoms with Gasteiger partial charge in [0.15, 0.2) is 11.5 Å². The normalized spacial score (nSPS) is 10.2. The van der Waals surface area contributed by atoms with Crippen LogP contribution in [0.3, 0.4) is 0 Å². The third-order valence-electron chi connectivity index (χ3n) is 3.91. The Hall–Kier alpha value is -3.95. The minimum absolute atomic E-state index is 0.266. The van der Waals surface area contributed by atoms with Gasteiger partial charge in [0.05, 0.1) is 38.1 Å². The molecule has 0 fully saturated rings. The zero-order chi connectivity index (χ0) is 20.1. The maximum absolute atomic E-state index is 12.9. The van der Waals surface area contributed by atoms with Gasteiger partial charge in [0.2, 0.25) is 0 Å². The number of ether oxygens (including phenoxy) is 3. The molecule has 0 spiro atoms. The van der Waals surface area contributed by atoms with Gasteiger partial charge in [0.1, 0.15) is 6.33 Å². The molecule has 1 amide bonds. The number of carbonyl (C=O) groups is 2. The van der Waals surface area contributed by atoms with Gasteiger partial charge < -0.3 is 19.5 Å². The van der Waals surface area contributed by atoms with Crippen molar-refractivity contribution in [2.75, 3.05) is 26.6 Å². The van der Waals surface area contributed by atoms with Crippen molar-refractivity contribution >= 4 is 17.6 Å². The van der Waals surface area contributed by atoms with Gasteiger partial charge in [0.25, 0.3) is 5.91 Å². The lowest BCUT2D eigenvalue weighted by molar-refractivity contribution is 0.0600. The molecule has 144 valence electrons. The molecule has 0 saturated heterocycles. The average molecular weight is 383 g/mol. The molecule has 0 aliphatic heterocycles. The molecule has 0 aliphatic rings. The van der Waals surface area contributed by atoms with Crippen LogP contribution in [0.15, 0.2) is 42.7 Å². The Morgan fingerprint density at radius 3 is 2.25 bits per heavy atom. The first-order valence-corrected chi connectivity index (χ1v) is 8.06. The number of anilines is 1. The summed E-state index contributed by atoms with van der Waals surface area (Å²) in [5, 5.41) is 13.8.